The molecule has 0 aliphatic rings. The lowest BCUT2D eigenvalue weighted by Gasteiger charge is -2.24. The third kappa shape index (κ3) is 9.27. The van der Waals surface area contributed by atoms with Crippen LogP contribution in [0.5, 0.6) is 0 Å². The number of aliphatic carboxylic acids is 2. The molecular weight excluding hydrogens is 436 g/mol. The molecule has 0 saturated heterocycles. The predicted molar refractivity (Wildman–Crippen MR) is 116 cm³/mol. The highest BCUT2D eigenvalue weighted by Crippen LogP contribution is 2.08. The zero-order valence-corrected chi connectivity index (χ0v) is 18.8. The number of aromatic amines is 1. The minimum Gasteiger partial charge on any atom is -0.481 e. The number of nitrogens with one attached hydrogen (secondary N) is 4. The van der Waals surface area contributed by atoms with E-state index in [0.717, 1.165) is 0 Å². The van der Waals surface area contributed by atoms with E-state index in [1.165, 1.54) is 19.4 Å². The first-order valence-electron chi connectivity index (χ1n) is 10.5. The van der Waals surface area contributed by atoms with Gasteiger partial charge in [-0.05, 0) is 19.3 Å². The van der Waals surface area contributed by atoms with E-state index in [1.807, 2.05) is 0 Å². The minimum atomic E-state index is -1.26. The van der Waals surface area contributed by atoms with E-state index in [2.05, 4.69) is 25.9 Å². The second-order valence-electron chi connectivity index (χ2n) is 7.82. The fourth-order valence-electron chi connectivity index (χ4n) is 2.88. The number of carboxylic acids is 2. The molecule has 1 aromatic rings. The van der Waals surface area contributed by atoms with Crippen molar-refractivity contribution in [3.05, 3.63) is 18.2 Å². The number of carbonyl (C=O) groups excluding carboxylic acids is 3. The number of aromatic nitrogens is 2. The summed E-state index contributed by atoms with van der Waals surface area (Å²) >= 11 is 0. The largest absolute Gasteiger partial charge is 0.481 e. The topological polar surface area (TPSA) is 217 Å². The highest BCUT2D eigenvalue weighted by molar-refractivity contribution is 5.94. The summed E-state index contributed by atoms with van der Waals surface area (Å²) in [4.78, 5) is 66.5. The maximum Gasteiger partial charge on any atom is 0.326 e. The standard InChI is InChI=1S/C20H32N6O7/c1-4-10(2)16(20(32)33)26-17(29)11(3)24-19(31)14(5-6-15(27)28)25-18(30)13(21)7-12-8-22-9-23-12/h8-11,13-14,16H,4-7,21H2,1-3H3,(H,22,23)(H,24,31)(H,25,30)(H,26,29)(H,27,28)(H,32,33). The highest BCUT2D eigenvalue weighted by Gasteiger charge is 2.30. The number of hydrogen-bond donors (Lipinski definition) is 7. The molecule has 0 aromatic carbocycles. The van der Waals surface area contributed by atoms with Gasteiger partial charge in [0.1, 0.15) is 18.1 Å². The van der Waals surface area contributed by atoms with Gasteiger partial charge in [-0.3, -0.25) is 19.2 Å². The average Bonchev–Trinajstić information content (AvgIpc) is 3.26. The van der Waals surface area contributed by atoms with Crippen molar-refractivity contribution in [3.8, 4) is 0 Å². The monoisotopic (exact) mass is 468 g/mol. The molecule has 0 fully saturated rings. The number of rotatable bonds is 14. The minimum absolute atomic E-state index is 0.115. The fraction of sp³-hybridized carbons (Fsp3) is 0.600. The van der Waals surface area contributed by atoms with Crippen molar-refractivity contribution in [2.75, 3.05) is 0 Å². The summed E-state index contributed by atoms with van der Waals surface area (Å²) in [5.74, 6) is -4.92. The van der Waals surface area contributed by atoms with E-state index in [4.69, 9.17) is 10.8 Å². The second-order valence-corrected chi connectivity index (χ2v) is 7.82. The first kappa shape index (κ1) is 27.6. The van der Waals surface area contributed by atoms with Crippen LogP contribution in [-0.2, 0) is 30.4 Å². The van der Waals surface area contributed by atoms with Gasteiger partial charge in [-0.2, -0.15) is 0 Å². The van der Waals surface area contributed by atoms with Gasteiger partial charge in [0.05, 0.1) is 12.4 Å². The molecule has 0 spiro atoms. The van der Waals surface area contributed by atoms with Crippen LogP contribution in [0, 0.1) is 5.92 Å². The number of H-pyrrole nitrogens is 1. The van der Waals surface area contributed by atoms with Gasteiger partial charge in [0.15, 0.2) is 0 Å². The molecule has 1 heterocycles. The van der Waals surface area contributed by atoms with Crippen LogP contribution >= 0.6 is 0 Å². The van der Waals surface area contributed by atoms with Crippen LogP contribution in [0.3, 0.4) is 0 Å². The Balaban J connectivity index is 2.79. The molecule has 0 radical (unpaired) electrons. The van der Waals surface area contributed by atoms with Crippen LogP contribution in [-0.4, -0.2) is 74.0 Å². The smallest absolute Gasteiger partial charge is 0.326 e. The number of nitrogens with two attached hydrogens (primary N) is 1. The molecule has 13 heteroatoms. The molecule has 0 saturated carbocycles. The lowest BCUT2D eigenvalue weighted by atomic mass is 9.99. The van der Waals surface area contributed by atoms with E-state index < -0.39 is 60.2 Å². The Labute approximate surface area is 190 Å². The van der Waals surface area contributed by atoms with Crippen molar-refractivity contribution < 1.29 is 34.2 Å². The molecular formula is C20H32N6O7. The maximum atomic E-state index is 12.7. The van der Waals surface area contributed by atoms with Gasteiger partial charge in [0.25, 0.3) is 0 Å². The normalized spacial score (nSPS) is 15.4. The van der Waals surface area contributed by atoms with Crippen molar-refractivity contribution >= 4 is 29.7 Å². The average molecular weight is 469 g/mol. The van der Waals surface area contributed by atoms with E-state index in [0.29, 0.717) is 12.1 Å². The first-order valence-corrected chi connectivity index (χ1v) is 10.5. The van der Waals surface area contributed by atoms with E-state index in [9.17, 15) is 29.1 Å². The molecule has 1 rings (SSSR count). The Morgan fingerprint density at radius 2 is 1.73 bits per heavy atom. The van der Waals surface area contributed by atoms with Gasteiger partial charge in [0, 0.05) is 24.7 Å². The van der Waals surface area contributed by atoms with E-state index in [1.54, 1.807) is 13.8 Å². The molecule has 1 aromatic heterocycles. The van der Waals surface area contributed by atoms with Crippen molar-refractivity contribution in [2.45, 2.75) is 70.6 Å². The van der Waals surface area contributed by atoms with E-state index in [-0.39, 0.29) is 18.8 Å². The summed E-state index contributed by atoms with van der Waals surface area (Å²) in [6, 6.07) is -4.56. The van der Waals surface area contributed by atoms with Crippen LogP contribution in [0.1, 0.15) is 45.7 Å². The van der Waals surface area contributed by atoms with Gasteiger partial charge in [0.2, 0.25) is 17.7 Å². The summed E-state index contributed by atoms with van der Waals surface area (Å²) in [7, 11) is 0. The van der Waals surface area contributed by atoms with Crippen molar-refractivity contribution in [1.82, 2.24) is 25.9 Å². The summed E-state index contributed by atoms with van der Waals surface area (Å²) in [6.07, 6.45) is 2.90. The predicted octanol–water partition coefficient (Wildman–Crippen LogP) is -1.25. The van der Waals surface area contributed by atoms with Crippen molar-refractivity contribution in [1.29, 1.82) is 0 Å². The third-order valence-electron chi connectivity index (χ3n) is 5.14. The van der Waals surface area contributed by atoms with Gasteiger partial charge in [-0.15, -0.1) is 0 Å². The maximum absolute atomic E-state index is 12.7. The Hall–Kier alpha value is -3.48. The number of hydrogen-bond acceptors (Lipinski definition) is 7. The second kappa shape index (κ2) is 13.2. The molecule has 0 aliphatic carbocycles. The quantitative estimate of drug-likeness (QED) is 0.173. The number of carboxylic acid groups (broad SMARTS) is 2. The van der Waals surface area contributed by atoms with Crippen LogP contribution in [0.15, 0.2) is 12.5 Å². The molecule has 33 heavy (non-hydrogen) atoms. The molecule has 13 nitrogen and oxygen atoms in total. The van der Waals surface area contributed by atoms with Gasteiger partial charge < -0.3 is 36.9 Å². The molecule has 0 aliphatic heterocycles. The summed E-state index contributed by atoms with van der Waals surface area (Å²) in [5.41, 5.74) is 6.46. The van der Waals surface area contributed by atoms with Crippen LogP contribution in [0.4, 0.5) is 0 Å². The third-order valence-corrected chi connectivity index (χ3v) is 5.14. The van der Waals surface area contributed by atoms with Gasteiger partial charge >= 0.3 is 11.9 Å². The van der Waals surface area contributed by atoms with Crippen LogP contribution in [0.2, 0.25) is 0 Å². The summed E-state index contributed by atoms with van der Waals surface area (Å²) in [6.45, 7) is 4.81. The SMILES string of the molecule is CCC(C)C(NC(=O)C(C)NC(=O)C(CCC(=O)O)NC(=O)C(N)Cc1cnc[nH]1)C(=O)O. The Morgan fingerprint density at radius 3 is 2.24 bits per heavy atom. The van der Waals surface area contributed by atoms with Crippen molar-refractivity contribution in [2.24, 2.45) is 11.7 Å². The first-order chi connectivity index (χ1) is 15.5. The summed E-state index contributed by atoms with van der Waals surface area (Å²) < 4.78 is 0. The number of carbonyl (C=O) groups is 5. The fourth-order valence-corrected chi connectivity index (χ4v) is 2.88. The molecule has 3 amide bonds. The lowest BCUT2D eigenvalue weighted by Crippen LogP contribution is -2.57. The number of amides is 3. The number of nitrogens with zero attached hydrogens (tertiary/aromatic N) is 1. The Bertz CT molecular complexity index is 829. The van der Waals surface area contributed by atoms with Crippen molar-refractivity contribution in [3.63, 3.8) is 0 Å². The Kier molecular flexibility index (Phi) is 11.0. The molecule has 8 N–H and O–H groups in total. The summed E-state index contributed by atoms with van der Waals surface area (Å²) in [5, 5.41) is 25.5. The zero-order valence-electron chi connectivity index (χ0n) is 18.8. The molecule has 5 unspecified atom stereocenters. The number of imidazole rings is 1. The zero-order chi connectivity index (χ0) is 25.1. The molecule has 5 atom stereocenters. The molecule has 0 bridgehead atoms. The van der Waals surface area contributed by atoms with Gasteiger partial charge in [-0.1, -0.05) is 20.3 Å². The highest BCUT2D eigenvalue weighted by atomic mass is 16.4. The molecule has 184 valence electrons. The van der Waals surface area contributed by atoms with Crippen LogP contribution in [0.25, 0.3) is 0 Å². The van der Waals surface area contributed by atoms with Crippen LogP contribution < -0.4 is 21.7 Å². The van der Waals surface area contributed by atoms with Gasteiger partial charge in [-0.25, -0.2) is 9.78 Å². The van der Waals surface area contributed by atoms with E-state index >= 15 is 0 Å². The Morgan fingerprint density at radius 1 is 1.06 bits per heavy atom. The lowest BCUT2D eigenvalue weighted by molar-refractivity contribution is -0.143.